The van der Waals surface area contributed by atoms with E-state index in [1.54, 1.807) is 0 Å². The molecule has 4 rings (SSSR count). The van der Waals surface area contributed by atoms with Crippen LogP contribution in [-0.4, -0.2) is 26.8 Å². The second-order valence-electron chi connectivity index (χ2n) is 7.18. The van der Waals surface area contributed by atoms with E-state index in [1.807, 2.05) is 56.4 Å². The van der Waals surface area contributed by atoms with Gasteiger partial charge in [-0.05, 0) is 43.0 Å². The number of rotatable bonds is 7. The first-order valence-corrected chi connectivity index (χ1v) is 10.6. The highest BCUT2D eigenvalue weighted by molar-refractivity contribution is 7.99. The lowest BCUT2D eigenvalue weighted by atomic mass is 10.1. The third-order valence-corrected chi connectivity index (χ3v) is 5.74. The largest absolute Gasteiger partial charge is 0.414 e. The zero-order chi connectivity index (χ0) is 21.1. The number of nitrogens with two attached hydrogens (primary N) is 1. The summed E-state index contributed by atoms with van der Waals surface area (Å²) in [4.78, 5) is 15.6. The van der Waals surface area contributed by atoms with Crippen LogP contribution < -0.4 is 11.1 Å². The Bertz CT molecular complexity index is 1160. The van der Waals surface area contributed by atoms with Crippen molar-refractivity contribution in [1.29, 1.82) is 0 Å². The molecule has 0 bridgehead atoms. The van der Waals surface area contributed by atoms with E-state index in [1.165, 1.54) is 11.8 Å². The number of para-hydroxylation sites is 2. The van der Waals surface area contributed by atoms with E-state index in [9.17, 15) is 4.79 Å². The molecule has 154 valence electrons. The number of hydrogen-bond acceptors (Lipinski definition) is 6. The van der Waals surface area contributed by atoms with Crippen molar-refractivity contribution in [1.82, 2.24) is 15.2 Å². The number of H-pyrrole nitrogens is 1. The summed E-state index contributed by atoms with van der Waals surface area (Å²) in [7, 11) is 0. The Labute approximate surface area is 178 Å². The van der Waals surface area contributed by atoms with Gasteiger partial charge in [-0.25, -0.2) is 0 Å². The molecule has 2 heterocycles. The van der Waals surface area contributed by atoms with Crippen molar-refractivity contribution >= 4 is 34.3 Å². The number of aryl methyl sites for hydroxylation is 2. The lowest BCUT2D eigenvalue weighted by Crippen LogP contribution is -2.15. The van der Waals surface area contributed by atoms with Crippen LogP contribution in [-0.2, 0) is 11.2 Å². The molecule has 1 atom stereocenters. The Morgan fingerprint density at radius 1 is 1.17 bits per heavy atom. The predicted octanol–water partition coefficient (Wildman–Crippen LogP) is 4.14. The van der Waals surface area contributed by atoms with Gasteiger partial charge in [0.05, 0.1) is 11.8 Å². The fourth-order valence-corrected chi connectivity index (χ4v) is 3.94. The maximum atomic E-state index is 12.3. The normalized spacial score (nSPS) is 12.2. The number of aromatic nitrogens is 3. The fraction of sp³-hybridized carbons (Fsp3) is 0.227. The molecule has 4 aromatic rings. The number of anilines is 1. The van der Waals surface area contributed by atoms with Gasteiger partial charge in [-0.15, -0.1) is 10.2 Å². The number of amides is 1. The minimum Gasteiger partial charge on any atom is -0.414 e. The summed E-state index contributed by atoms with van der Waals surface area (Å²) in [6.07, 6.45) is 2.53. The van der Waals surface area contributed by atoms with Crippen LogP contribution in [0.3, 0.4) is 0 Å². The molecule has 2 aromatic heterocycles. The van der Waals surface area contributed by atoms with Crippen molar-refractivity contribution in [2.45, 2.75) is 31.5 Å². The molecule has 30 heavy (non-hydrogen) atoms. The molecule has 0 unspecified atom stereocenters. The average Bonchev–Trinajstić information content (AvgIpc) is 3.37. The second kappa shape index (κ2) is 8.73. The number of nitrogens with one attached hydrogen (secondary N) is 2. The van der Waals surface area contributed by atoms with Gasteiger partial charge in [-0.3, -0.25) is 4.79 Å². The van der Waals surface area contributed by atoms with Crippen LogP contribution >= 0.6 is 11.8 Å². The van der Waals surface area contributed by atoms with Gasteiger partial charge in [0.25, 0.3) is 5.22 Å². The van der Waals surface area contributed by atoms with Crippen molar-refractivity contribution in [3.05, 3.63) is 71.2 Å². The molecule has 4 N–H and O–H groups in total. The molecule has 0 fully saturated rings. The van der Waals surface area contributed by atoms with Crippen LogP contribution in [0.5, 0.6) is 0 Å². The molecule has 8 heteroatoms. The number of carbonyl (C=O) groups is 1. The summed E-state index contributed by atoms with van der Waals surface area (Å²) in [5, 5.41) is 12.5. The molecule has 7 nitrogen and oxygen atoms in total. The van der Waals surface area contributed by atoms with Gasteiger partial charge >= 0.3 is 0 Å². The van der Waals surface area contributed by atoms with Crippen molar-refractivity contribution < 1.29 is 9.21 Å². The first kappa shape index (κ1) is 20.2. The SMILES string of the molecule is Cc1cccc(C)c1NC(=O)CSc1nnc([C@@H](N)Cc2c[nH]c3ccccc23)o1. The monoisotopic (exact) mass is 421 g/mol. The molecule has 2 aromatic carbocycles. The highest BCUT2D eigenvalue weighted by Gasteiger charge is 2.18. The van der Waals surface area contributed by atoms with Crippen LogP contribution in [0.25, 0.3) is 10.9 Å². The maximum Gasteiger partial charge on any atom is 0.277 e. The summed E-state index contributed by atoms with van der Waals surface area (Å²) in [6.45, 7) is 3.93. The van der Waals surface area contributed by atoms with E-state index < -0.39 is 6.04 Å². The third kappa shape index (κ3) is 4.39. The minimum atomic E-state index is -0.422. The van der Waals surface area contributed by atoms with Crippen molar-refractivity contribution in [2.24, 2.45) is 5.73 Å². The molecular formula is C22H23N5O2S. The first-order chi connectivity index (χ1) is 14.5. The summed E-state index contributed by atoms with van der Waals surface area (Å²) in [6, 6.07) is 13.5. The summed E-state index contributed by atoms with van der Waals surface area (Å²) >= 11 is 1.19. The van der Waals surface area contributed by atoms with Gasteiger partial charge < -0.3 is 20.5 Å². The number of hydrogen-bond donors (Lipinski definition) is 3. The van der Waals surface area contributed by atoms with Crippen LogP contribution in [0.1, 0.15) is 28.6 Å². The topological polar surface area (TPSA) is 110 Å². The number of nitrogens with zero attached hydrogens (tertiary/aromatic N) is 2. The van der Waals surface area contributed by atoms with Crippen molar-refractivity contribution in [2.75, 3.05) is 11.1 Å². The van der Waals surface area contributed by atoms with E-state index in [2.05, 4.69) is 26.6 Å². The Hall–Kier alpha value is -3.10. The van der Waals surface area contributed by atoms with Gasteiger partial charge in [0.15, 0.2) is 0 Å². The summed E-state index contributed by atoms with van der Waals surface area (Å²) in [5.74, 6) is 0.408. The van der Waals surface area contributed by atoms with Gasteiger partial charge in [0.2, 0.25) is 11.8 Å². The molecule has 0 aliphatic heterocycles. The molecule has 0 aliphatic rings. The molecule has 0 saturated heterocycles. The van der Waals surface area contributed by atoms with Crippen LogP contribution in [0.4, 0.5) is 5.69 Å². The number of aromatic amines is 1. The molecule has 0 saturated carbocycles. The van der Waals surface area contributed by atoms with E-state index in [4.69, 9.17) is 10.2 Å². The minimum absolute atomic E-state index is 0.125. The number of fused-ring (bicyclic) bond motifs is 1. The highest BCUT2D eigenvalue weighted by atomic mass is 32.2. The number of thioether (sulfide) groups is 1. The van der Waals surface area contributed by atoms with Crippen LogP contribution in [0.2, 0.25) is 0 Å². The predicted molar refractivity (Wildman–Crippen MR) is 118 cm³/mol. The highest BCUT2D eigenvalue weighted by Crippen LogP contribution is 2.25. The standard InChI is InChI=1S/C22H23N5O2S/c1-13-6-5-7-14(2)20(13)25-19(28)12-30-22-27-26-21(29-22)17(23)10-15-11-24-18-9-4-3-8-16(15)18/h3-9,11,17,24H,10,12,23H2,1-2H3,(H,25,28)/t17-/m0/s1. The number of carbonyl (C=O) groups excluding carboxylic acids is 1. The van der Waals surface area contributed by atoms with Gasteiger partial charge in [-0.1, -0.05) is 48.2 Å². The zero-order valence-electron chi connectivity index (χ0n) is 16.8. The lowest BCUT2D eigenvalue weighted by Gasteiger charge is -2.10. The maximum absolute atomic E-state index is 12.3. The Kier molecular flexibility index (Phi) is 5.87. The van der Waals surface area contributed by atoms with Gasteiger partial charge in [-0.2, -0.15) is 0 Å². The third-order valence-electron chi connectivity index (χ3n) is 4.93. The van der Waals surface area contributed by atoms with Crippen molar-refractivity contribution in [3.8, 4) is 0 Å². The Morgan fingerprint density at radius 3 is 2.73 bits per heavy atom. The van der Waals surface area contributed by atoms with E-state index >= 15 is 0 Å². The second-order valence-corrected chi connectivity index (χ2v) is 8.11. The summed E-state index contributed by atoms with van der Waals surface area (Å²) in [5.41, 5.74) is 11.3. The molecule has 1 amide bonds. The van der Waals surface area contributed by atoms with Gasteiger partial charge in [0.1, 0.15) is 0 Å². The molecule has 0 aliphatic carbocycles. The molecular weight excluding hydrogens is 398 g/mol. The number of benzene rings is 2. The zero-order valence-corrected chi connectivity index (χ0v) is 17.6. The average molecular weight is 422 g/mol. The smallest absolute Gasteiger partial charge is 0.277 e. The van der Waals surface area contributed by atoms with E-state index in [0.717, 1.165) is 33.3 Å². The van der Waals surface area contributed by atoms with Crippen LogP contribution in [0.15, 0.2) is 58.3 Å². The fourth-order valence-electron chi connectivity index (χ4n) is 3.37. The quantitative estimate of drug-likeness (QED) is 0.387. The lowest BCUT2D eigenvalue weighted by molar-refractivity contribution is -0.113. The first-order valence-electron chi connectivity index (χ1n) is 9.64. The van der Waals surface area contributed by atoms with Crippen molar-refractivity contribution in [3.63, 3.8) is 0 Å². The van der Waals surface area contributed by atoms with E-state index in [0.29, 0.717) is 17.5 Å². The molecule has 0 radical (unpaired) electrons. The van der Waals surface area contributed by atoms with E-state index in [-0.39, 0.29) is 11.7 Å². The Morgan fingerprint density at radius 2 is 1.93 bits per heavy atom. The van der Waals surface area contributed by atoms with Gasteiger partial charge in [0, 0.05) is 22.8 Å². The summed E-state index contributed by atoms with van der Waals surface area (Å²) < 4.78 is 5.68. The molecule has 0 spiro atoms. The van der Waals surface area contributed by atoms with Crippen LogP contribution in [0, 0.1) is 13.8 Å². The Balaban J connectivity index is 1.35.